The second kappa shape index (κ2) is 16.0. The van der Waals surface area contributed by atoms with Gasteiger partial charge in [0.05, 0.1) is 16.5 Å². The van der Waals surface area contributed by atoms with Gasteiger partial charge in [-0.05, 0) is 147 Å². The number of benzene rings is 12. The van der Waals surface area contributed by atoms with Crippen molar-refractivity contribution in [1.82, 2.24) is 0 Å². The predicted octanol–water partition coefficient (Wildman–Crippen LogP) is 18.8. The van der Waals surface area contributed by atoms with Crippen LogP contribution in [0, 0.1) is 0 Å². The van der Waals surface area contributed by atoms with Crippen molar-refractivity contribution in [3.05, 3.63) is 330 Å². The van der Waals surface area contributed by atoms with Crippen LogP contribution < -0.4 is 4.90 Å². The van der Waals surface area contributed by atoms with Crippen LogP contribution in [-0.4, -0.2) is 0 Å². The van der Waals surface area contributed by atoms with E-state index >= 15 is 0 Å². The minimum atomic E-state index is -0.570. The molecule has 1 nitrogen and oxygen atoms in total. The number of fused-ring (bicyclic) bond motifs is 21. The fourth-order valence-corrected chi connectivity index (χ4v) is 14.3. The summed E-state index contributed by atoms with van der Waals surface area (Å²) in [6.45, 7) is 0. The molecule has 12 aromatic carbocycles. The normalized spacial score (nSPS) is 13.8. The molecule has 4 aliphatic rings. The Morgan fingerprint density at radius 3 is 1.01 bits per heavy atom. The molecule has 0 aromatic heterocycles. The maximum Gasteiger partial charge on any atom is 0.0726 e. The molecule has 0 saturated heterocycles. The molecule has 0 heterocycles. The Labute approximate surface area is 438 Å². The van der Waals surface area contributed by atoms with Gasteiger partial charge in [-0.3, -0.25) is 0 Å². The van der Waals surface area contributed by atoms with Gasteiger partial charge in [-0.2, -0.15) is 0 Å². The van der Waals surface area contributed by atoms with E-state index in [0.717, 1.165) is 17.1 Å². The Kier molecular flexibility index (Phi) is 8.94. The van der Waals surface area contributed by atoms with Crippen LogP contribution in [0.1, 0.15) is 44.5 Å². The van der Waals surface area contributed by atoms with Gasteiger partial charge >= 0.3 is 0 Å². The molecule has 0 unspecified atom stereocenters. The van der Waals surface area contributed by atoms with E-state index in [0.29, 0.717) is 0 Å². The summed E-state index contributed by atoms with van der Waals surface area (Å²) >= 11 is 0. The molecule has 0 bridgehead atoms. The van der Waals surface area contributed by atoms with Crippen LogP contribution in [0.3, 0.4) is 0 Å². The SMILES string of the molecule is c1ccc(C2(c3ccccc3)c3ccccc3-c3c(N(c4ccc5c(c4)-c4ccccc4-c4ccccc4-c4ccccc4-5)c4ccc5c(c4)C4(c6ccccc6-c6ccccc64)c4ccccc4-5)cccc32)cc1. The molecule has 0 fully saturated rings. The first-order chi connectivity index (χ1) is 37.2. The van der Waals surface area contributed by atoms with Gasteiger partial charge in [0.2, 0.25) is 0 Å². The van der Waals surface area contributed by atoms with Crippen molar-refractivity contribution in [2.75, 3.05) is 4.90 Å². The molecular formula is C74H47N. The molecule has 0 aliphatic heterocycles. The maximum absolute atomic E-state index is 2.59. The summed E-state index contributed by atoms with van der Waals surface area (Å²) in [7, 11) is 0. The van der Waals surface area contributed by atoms with E-state index in [-0.39, 0.29) is 0 Å². The van der Waals surface area contributed by atoms with E-state index in [1.54, 1.807) is 0 Å². The van der Waals surface area contributed by atoms with Crippen molar-refractivity contribution in [2.24, 2.45) is 0 Å². The van der Waals surface area contributed by atoms with Gasteiger partial charge in [0.1, 0.15) is 0 Å². The summed E-state index contributed by atoms with van der Waals surface area (Å²) in [4.78, 5) is 2.59. The Morgan fingerprint density at radius 2 is 0.533 bits per heavy atom. The van der Waals surface area contributed by atoms with Crippen LogP contribution in [0.25, 0.3) is 77.9 Å². The Bertz CT molecular complexity index is 4200. The highest BCUT2D eigenvalue weighted by atomic mass is 15.1. The average molecular weight is 950 g/mol. The minimum Gasteiger partial charge on any atom is -0.310 e. The van der Waals surface area contributed by atoms with Crippen molar-refractivity contribution in [2.45, 2.75) is 10.8 Å². The van der Waals surface area contributed by atoms with Gasteiger partial charge in [0.15, 0.2) is 0 Å². The second-order valence-corrected chi connectivity index (χ2v) is 20.5. The summed E-state index contributed by atoms with van der Waals surface area (Å²) in [5.74, 6) is 0. The predicted molar refractivity (Wildman–Crippen MR) is 310 cm³/mol. The molecular weight excluding hydrogens is 903 g/mol. The van der Waals surface area contributed by atoms with Gasteiger partial charge in [0, 0.05) is 16.9 Å². The maximum atomic E-state index is 2.59. The van der Waals surface area contributed by atoms with Gasteiger partial charge in [-0.25, -0.2) is 0 Å². The van der Waals surface area contributed by atoms with Crippen LogP contribution in [0.5, 0.6) is 0 Å². The number of anilines is 3. The van der Waals surface area contributed by atoms with Crippen LogP contribution in [0.4, 0.5) is 17.1 Å². The summed E-state index contributed by atoms with van der Waals surface area (Å²) in [6, 6.07) is 107. The van der Waals surface area contributed by atoms with E-state index in [1.807, 2.05) is 0 Å². The van der Waals surface area contributed by atoms with E-state index in [9.17, 15) is 0 Å². The second-order valence-electron chi connectivity index (χ2n) is 20.5. The molecule has 0 saturated carbocycles. The third kappa shape index (κ3) is 5.62. The number of hydrogen-bond donors (Lipinski definition) is 0. The molecule has 0 N–H and O–H groups in total. The molecule has 0 radical (unpaired) electrons. The third-order valence-electron chi connectivity index (χ3n) is 17.1. The zero-order chi connectivity index (χ0) is 49.2. The zero-order valence-corrected chi connectivity index (χ0v) is 41.1. The number of nitrogens with zero attached hydrogens (tertiary/aromatic N) is 1. The van der Waals surface area contributed by atoms with Gasteiger partial charge < -0.3 is 4.90 Å². The molecule has 75 heavy (non-hydrogen) atoms. The molecule has 1 spiro atoms. The lowest BCUT2D eigenvalue weighted by Gasteiger charge is -2.35. The van der Waals surface area contributed by atoms with Crippen molar-refractivity contribution in [3.63, 3.8) is 0 Å². The minimum absolute atomic E-state index is 0.510. The smallest absolute Gasteiger partial charge is 0.0726 e. The Balaban J connectivity index is 1.02. The fraction of sp³-hybridized carbons (Fsp3) is 0.0270. The fourth-order valence-electron chi connectivity index (χ4n) is 14.3. The third-order valence-corrected chi connectivity index (χ3v) is 17.1. The number of rotatable bonds is 5. The Morgan fingerprint density at radius 1 is 0.200 bits per heavy atom. The first kappa shape index (κ1) is 42.0. The molecule has 12 aromatic rings. The lowest BCUT2D eigenvalue weighted by Crippen LogP contribution is -2.28. The highest BCUT2D eigenvalue weighted by molar-refractivity contribution is 6.06. The quantitative estimate of drug-likeness (QED) is 0.166. The van der Waals surface area contributed by atoms with Gasteiger partial charge in [0.25, 0.3) is 0 Å². The van der Waals surface area contributed by atoms with Crippen molar-refractivity contribution < 1.29 is 0 Å². The van der Waals surface area contributed by atoms with Crippen LogP contribution in [-0.2, 0) is 10.8 Å². The largest absolute Gasteiger partial charge is 0.310 e. The number of hydrogen-bond acceptors (Lipinski definition) is 1. The van der Waals surface area contributed by atoms with Crippen molar-refractivity contribution in [1.29, 1.82) is 0 Å². The van der Waals surface area contributed by atoms with Gasteiger partial charge in [-0.15, -0.1) is 0 Å². The van der Waals surface area contributed by atoms with Crippen LogP contribution in [0.2, 0.25) is 0 Å². The lowest BCUT2D eigenvalue weighted by atomic mass is 9.68. The van der Waals surface area contributed by atoms with Gasteiger partial charge in [-0.1, -0.05) is 255 Å². The molecule has 16 rings (SSSR count). The average Bonchev–Trinajstić information content (AvgIpc) is 4.09. The lowest BCUT2D eigenvalue weighted by molar-refractivity contribution is 0.768. The summed E-state index contributed by atoms with van der Waals surface area (Å²) < 4.78 is 0. The monoisotopic (exact) mass is 949 g/mol. The summed E-state index contributed by atoms with van der Waals surface area (Å²) in [5.41, 5.74) is 30.1. The molecule has 0 atom stereocenters. The molecule has 348 valence electrons. The highest BCUT2D eigenvalue weighted by Gasteiger charge is 2.52. The van der Waals surface area contributed by atoms with E-state index in [4.69, 9.17) is 0 Å². The van der Waals surface area contributed by atoms with Crippen LogP contribution in [0.15, 0.2) is 285 Å². The van der Waals surface area contributed by atoms with E-state index < -0.39 is 10.8 Å². The summed E-state index contributed by atoms with van der Waals surface area (Å²) in [5, 5.41) is 0. The first-order valence-electron chi connectivity index (χ1n) is 26.3. The first-order valence-corrected chi connectivity index (χ1v) is 26.3. The van der Waals surface area contributed by atoms with Crippen molar-refractivity contribution >= 4 is 17.1 Å². The van der Waals surface area contributed by atoms with E-state index in [1.165, 1.54) is 122 Å². The topological polar surface area (TPSA) is 3.24 Å². The standard InChI is InChI=1S/C74H47N/c1-3-22-48(23-4-1)73(49-24-5-2-6-25-49)68-39-20-16-35-63(68)72-69(73)40-21-41-71(72)75(50-42-44-58-56-30-10-9-28-54(56)52-26-7-8-27-53(52)55-29-11-12-31-57(55)64(58)46-50)51-43-45-62-61-34-15-19-38-67(61)74(70(62)47-51)65-36-17-13-32-59(65)60-33-14-18-37-66(60)74/h1-47H. The molecule has 4 aliphatic carbocycles. The molecule has 1 heteroatoms. The van der Waals surface area contributed by atoms with Crippen LogP contribution >= 0.6 is 0 Å². The highest BCUT2D eigenvalue weighted by Crippen LogP contribution is 2.65. The van der Waals surface area contributed by atoms with Crippen molar-refractivity contribution in [3.8, 4) is 77.9 Å². The van der Waals surface area contributed by atoms with E-state index in [2.05, 4.69) is 290 Å². The Hall–Kier alpha value is -9.56. The molecule has 0 amide bonds. The zero-order valence-electron chi connectivity index (χ0n) is 41.1. The summed E-state index contributed by atoms with van der Waals surface area (Å²) in [6.07, 6.45) is 0.